The molecule has 2 heterocycles. The third-order valence-corrected chi connectivity index (χ3v) is 4.78. The fourth-order valence-corrected chi connectivity index (χ4v) is 3.71. The number of nitrogens with zero attached hydrogens (tertiary/aromatic N) is 1. The van der Waals surface area contributed by atoms with Gasteiger partial charge in [-0.25, -0.2) is 4.79 Å². The molecule has 1 saturated heterocycles. The van der Waals surface area contributed by atoms with Crippen LogP contribution in [0.3, 0.4) is 0 Å². The molecule has 2 aliphatic heterocycles. The SMILES string of the molecule is COC(=O)C1=C(C)OC(c2ccccc2)(N2CCOCC2)C1C. The molecule has 1 aromatic rings. The lowest BCUT2D eigenvalue weighted by Gasteiger charge is -2.45. The number of esters is 1. The Bertz CT molecular complexity index is 607. The van der Waals surface area contributed by atoms with Crippen LogP contribution in [0.4, 0.5) is 0 Å². The van der Waals surface area contributed by atoms with Gasteiger partial charge < -0.3 is 14.2 Å². The molecule has 0 amide bonds. The highest BCUT2D eigenvalue weighted by molar-refractivity contribution is 5.90. The zero-order chi connectivity index (χ0) is 16.4. The van der Waals surface area contributed by atoms with Crippen molar-refractivity contribution < 1.29 is 19.0 Å². The Morgan fingerprint density at radius 2 is 1.91 bits per heavy atom. The number of methoxy groups -OCH3 is 1. The van der Waals surface area contributed by atoms with Crippen LogP contribution in [0, 0.1) is 5.92 Å². The molecule has 5 nitrogen and oxygen atoms in total. The number of carbonyl (C=O) groups excluding carboxylic acids is 1. The van der Waals surface area contributed by atoms with Crippen LogP contribution in [-0.2, 0) is 24.7 Å². The Hall–Kier alpha value is -1.85. The number of morpholine rings is 1. The van der Waals surface area contributed by atoms with Crippen molar-refractivity contribution in [1.82, 2.24) is 4.90 Å². The predicted molar refractivity (Wildman–Crippen MR) is 85.5 cm³/mol. The van der Waals surface area contributed by atoms with Crippen molar-refractivity contribution in [1.29, 1.82) is 0 Å². The molecular weight excluding hydrogens is 294 g/mol. The number of benzene rings is 1. The first-order valence-corrected chi connectivity index (χ1v) is 7.97. The van der Waals surface area contributed by atoms with E-state index in [1.807, 2.05) is 32.0 Å². The lowest BCUT2D eigenvalue weighted by atomic mass is 9.84. The molecule has 0 aliphatic carbocycles. The van der Waals surface area contributed by atoms with E-state index in [1.54, 1.807) is 0 Å². The van der Waals surface area contributed by atoms with Gasteiger partial charge in [-0.2, -0.15) is 0 Å². The summed E-state index contributed by atoms with van der Waals surface area (Å²) in [6.07, 6.45) is 0. The van der Waals surface area contributed by atoms with Gasteiger partial charge in [0.15, 0.2) is 5.72 Å². The predicted octanol–water partition coefficient (Wildman–Crippen LogP) is 2.28. The molecule has 5 heteroatoms. The van der Waals surface area contributed by atoms with E-state index in [0.29, 0.717) is 24.5 Å². The highest BCUT2D eigenvalue weighted by Crippen LogP contribution is 2.49. The molecule has 124 valence electrons. The molecule has 3 rings (SSSR count). The topological polar surface area (TPSA) is 48.0 Å². The Morgan fingerprint density at radius 1 is 1.26 bits per heavy atom. The van der Waals surface area contributed by atoms with Crippen LogP contribution in [0.5, 0.6) is 0 Å². The Kier molecular flexibility index (Phi) is 4.41. The summed E-state index contributed by atoms with van der Waals surface area (Å²) in [5, 5.41) is 0. The maximum absolute atomic E-state index is 12.2. The zero-order valence-corrected chi connectivity index (χ0v) is 13.9. The minimum atomic E-state index is -0.682. The largest absolute Gasteiger partial charge is 0.472 e. The summed E-state index contributed by atoms with van der Waals surface area (Å²) in [6, 6.07) is 10.1. The molecular formula is C18H23NO4. The number of carbonyl (C=O) groups is 1. The Balaban J connectivity index is 2.06. The summed E-state index contributed by atoms with van der Waals surface area (Å²) < 4.78 is 16.8. The van der Waals surface area contributed by atoms with Crippen LogP contribution < -0.4 is 0 Å². The van der Waals surface area contributed by atoms with Gasteiger partial charge in [-0.05, 0) is 6.92 Å². The van der Waals surface area contributed by atoms with Crippen LogP contribution >= 0.6 is 0 Å². The van der Waals surface area contributed by atoms with Gasteiger partial charge in [-0.1, -0.05) is 37.3 Å². The Morgan fingerprint density at radius 3 is 2.52 bits per heavy atom. The first-order valence-electron chi connectivity index (χ1n) is 7.97. The second-order valence-electron chi connectivity index (χ2n) is 5.95. The molecule has 1 aromatic carbocycles. The van der Waals surface area contributed by atoms with Crippen molar-refractivity contribution >= 4 is 5.97 Å². The van der Waals surface area contributed by atoms with Gasteiger partial charge in [0.05, 0.1) is 31.8 Å². The molecule has 2 atom stereocenters. The van der Waals surface area contributed by atoms with E-state index in [2.05, 4.69) is 17.0 Å². The van der Waals surface area contributed by atoms with E-state index >= 15 is 0 Å². The normalized spacial score (nSPS) is 28.6. The van der Waals surface area contributed by atoms with Gasteiger partial charge in [0, 0.05) is 18.7 Å². The van der Waals surface area contributed by atoms with Gasteiger partial charge in [-0.15, -0.1) is 0 Å². The maximum atomic E-state index is 12.2. The number of hydrogen-bond donors (Lipinski definition) is 0. The number of rotatable bonds is 3. The summed E-state index contributed by atoms with van der Waals surface area (Å²) in [4.78, 5) is 14.5. The number of hydrogen-bond acceptors (Lipinski definition) is 5. The molecule has 0 radical (unpaired) electrons. The standard InChI is InChI=1S/C18H23NO4/c1-13-16(17(20)21-3)14(2)23-18(13,15-7-5-4-6-8-15)19-9-11-22-12-10-19/h4-8,13H,9-12H2,1-3H3. The highest BCUT2D eigenvalue weighted by atomic mass is 16.5. The van der Waals surface area contributed by atoms with Crippen LogP contribution in [0.25, 0.3) is 0 Å². The highest BCUT2D eigenvalue weighted by Gasteiger charge is 2.54. The molecule has 2 unspecified atom stereocenters. The number of ether oxygens (including phenoxy) is 3. The molecule has 0 bridgehead atoms. The van der Waals surface area contributed by atoms with Gasteiger partial charge >= 0.3 is 5.97 Å². The summed E-state index contributed by atoms with van der Waals surface area (Å²) in [5.74, 6) is 0.191. The van der Waals surface area contributed by atoms with E-state index in [-0.39, 0.29) is 11.9 Å². The van der Waals surface area contributed by atoms with Crippen molar-refractivity contribution in [2.75, 3.05) is 33.4 Å². The summed E-state index contributed by atoms with van der Waals surface area (Å²) >= 11 is 0. The molecule has 23 heavy (non-hydrogen) atoms. The summed E-state index contributed by atoms with van der Waals surface area (Å²) in [7, 11) is 1.41. The molecule has 0 N–H and O–H groups in total. The molecule has 0 spiro atoms. The zero-order valence-electron chi connectivity index (χ0n) is 13.9. The lowest BCUT2D eigenvalue weighted by molar-refractivity contribution is -0.169. The average molecular weight is 317 g/mol. The van der Waals surface area contributed by atoms with Crippen molar-refractivity contribution in [3.63, 3.8) is 0 Å². The smallest absolute Gasteiger partial charge is 0.337 e. The summed E-state index contributed by atoms with van der Waals surface area (Å²) in [5.41, 5.74) is 0.981. The van der Waals surface area contributed by atoms with E-state index in [9.17, 15) is 4.79 Å². The van der Waals surface area contributed by atoms with E-state index in [0.717, 1.165) is 18.7 Å². The second kappa shape index (κ2) is 6.34. The molecule has 1 fully saturated rings. The molecule has 0 saturated carbocycles. The van der Waals surface area contributed by atoms with Crippen LogP contribution in [0.15, 0.2) is 41.7 Å². The van der Waals surface area contributed by atoms with Crippen molar-refractivity contribution in [2.45, 2.75) is 19.6 Å². The summed E-state index contributed by atoms with van der Waals surface area (Å²) in [6.45, 7) is 6.73. The number of allylic oxidation sites excluding steroid dienone is 1. The van der Waals surface area contributed by atoms with E-state index in [1.165, 1.54) is 7.11 Å². The monoisotopic (exact) mass is 317 g/mol. The lowest BCUT2D eigenvalue weighted by Crippen LogP contribution is -2.54. The van der Waals surface area contributed by atoms with Crippen molar-refractivity contribution in [3.8, 4) is 0 Å². The fourth-order valence-electron chi connectivity index (χ4n) is 3.71. The van der Waals surface area contributed by atoms with Gasteiger partial charge in [0.2, 0.25) is 0 Å². The van der Waals surface area contributed by atoms with Gasteiger partial charge in [-0.3, -0.25) is 4.90 Å². The first-order chi connectivity index (χ1) is 11.1. The quantitative estimate of drug-likeness (QED) is 0.801. The first kappa shape index (κ1) is 16.0. The van der Waals surface area contributed by atoms with Gasteiger partial charge in [0.1, 0.15) is 5.76 Å². The van der Waals surface area contributed by atoms with Crippen LogP contribution in [0.2, 0.25) is 0 Å². The fraction of sp³-hybridized carbons (Fsp3) is 0.500. The minimum absolute atomic E-state index is 0.129. The molecule has 2 aliphatic rings. The third kappa shape index (κ3) is 2.54. The van der Waals surface area contributed by atoms with Crippen LogP contribution in [0.1, 0.15) is 19.4 Å². The average Bonchev–Trinajstić information content (AvgIpc) is 2.87. The molecule has 0 aromatic heterocycles. The second-order valence-corrected chi connectivity index (χ2v) is 5.95. The van der Waals surface area contributed by atoms with Crippen molar-refractivity contribution in [2.24, 2.45) is 5.92 Å². The van der Waals surface area contributed by atoms with E-state index in [4.69, 9.17) is 14.2 Å². The van der Waals surface area contributed by atoms with Crippen molar-refractivity contribution in [3.05, 3.63) is 47.2 Å². The van der Waals surface area contributed by atoms with Crippen LogP contribution in [-0.4, -0.2) is 44.3 Å². The third-order valence-electron chi connectivity index (χ3n) is 4.78. The maximum Gasteiger partial charge on any atom is 0.337 e. The Labute approximate surface area is 136 Å². The van der Waals surface area contributed by atoms with Gasteiger partial charge in [0.25, 0.3) is 0 Å². The van der Waals surface area contributed by atoms with E-state index < -0.39 is 5.72 Å². The minimum Gasteiger partial charge on any atom is -0.472 e.